The van der Waals surface area contributed by atoms with Gasteiger partial charge in [0.05, 0.1) is 11.5 Å². The Bertz CT molecular complexity index is 621. The second-order valence-electron chi connectivity index (χ2n) is 4.81. The van der Waals surface area contributed by atoms with Gasteiger partial charge in [0.2, 0.25) is 0 Å². The van der Waals surface area contributed by atoms with Gasteiger partial charge < -0.3 is 4.74 Å². The average molecular weight is 339 g/mol. The van der Waals surface area contributed by atoms with Crippen molar-refractivity contribution in [3.63, 3.8) is 0 Å². The van der Waals surface area contributed by atoms with E-state index in [1.54, 1.807) is 6.08 Å². The van der Waals surface area contributed by atoms with Gasteiger partial charge in [-0.15, -0.1) is 11.3 Å². The monoisotopic (exact) mass is 339 g/mol. The molecule has 0 radical (unpaired) electrons. The lowest BCUT2D eigenvalue weighted by Crippen LogP contribution is -2.34. The molecule has 1 saturated heterocycles. The molecule has 1 aliphatic rings. The predicted octanol–water partition coefficient (Wildman–Crippen LogP) is 3.44. The van der Waals surface area contributed by atoms with Crippen molar-refractivity contribution in [2.75, 3.05) is 13.2 Å². The fraction of sp³-hybridized carbons (Fsp3) is 0.400. The molecular weight excluding hydrogens is 322 g/mol. The molecule has 0 aliphatic carbocycles. The Labute approximate surface area is 137 Å². The number of esters is 1. The van der Waals surface area contributed by atoms with Crippen LogP contribution in [0.1, 0.15) is 30.2 Å². The number of amides is 2. The molecule has 118 valence electrons. The first-order valence-corrected chi connectivity index (χ1v) is 8.67. The van der Waals surface area contributed by atoms with Crippen molar-refractivity contribution < 1.29 is 19.1 Å². The Hall–Kier alpha value is -1.60. The molecular formula is C15H17NO4S2. The van der Waals surface area contributed by atoms with Crippen LogP contribution in [0.3, 0.4) is 0 Å². The third-order valence-corrected chi connectivity index (χ3v) is 4.96. The number of unbranched alkanes of at least 4 members (excludes halogenated alkanes) is 1. The third-order valence-electron chi connectivity index (χ3n) is 3.09. The van der Waals surface area contributed by atoms with E-state index in [0.717, 1.165) is 39.9 Å². The molecule has 0 bridgehead atoms. The van der Waals surface area contributed by atoms with E-state index in [4.69, 9.17) is 4.74 Å². The summed E-state index contributed by atoms with van der Waals surface area (Å²) in [6, 6.07) is 1.95. The lowest BCUT2D eigenvalue weighted by atomic mass is 10.2. The zero-order valence-corrected chi connectivity index (χ0v) is 14.1. The van der Waals surface area contributed by atoms with Gasteiger partial charge in [-0.3, -0.25) is 19.3 Å². The van der Waals surface area contributed by atoms with Gasteiger partial charge in [-0.25, -0.2) is 0 Å². The summed E-state index contributed by atoms with van der Waals surface area (Å²) in [4.78, 5) is 38.0. The van der Waals surface area contributed by atoms with E-state index in [0.29, 0.717) is 11.5 Å². The van der Waals surface area contributed by atoms with E-state index in [9.17, 15) is 14.4 Å². The molecule has 1 aromatic rings. The molecule has 22 heavy (non-hydrogen) atoms. The van der Waals surface area contributed by atoms with E-state index in [-0.39, 0.29) is 6.54 Å². The smallest absolute Gasteiger partial charge is 0.326 e. The van der Waals surface area contributed by atoms with Crippen LogP contribution in [0.5, 0.6) is 0 Å². The second kappa shape index (κ2) is 7.60. The lowest BCUT2D eigenvalue weighted by Gasteiger charge is -2.11. The molecule has 1 fully saturated rings. The minimum atomic E-state index is -0.552. The van der Waals surface area contributed by atoms with Gasteiger partial charge in [0.25, 0.3) is 11.1 Å². The van der Waals surface area contributed by atoms with Gasteiger partial charge in [0.15, 0.2) is 0 Å². The van der Waals surface area contributed by atoms with E-state index in [1.165, 1.54) is 11.3 Å². The van der Waals surface area contributed by atoms with Crippen molar-refractivity contribution in [3.8, 4) is 0 Å². The summed E-state index contributed by atoms with van der Waals surface area (Å²) in [6.45, 7) is 3.92. The standard InChI is InChI=1S/C15H17NO4S2/c1-3-4-6-20-13(17)9-16-14(18)12(22-15(16)19)8-11-10(2)5-7-21-11/h5,7-8H,3-4,6,9H2,1-2H3/b12-8+. The summed E-state index contributed by atoms with van der Waals surface area (Å²) in [5, 5.41) is 1.49. The molecule has 2 rings (SSSR count). The highest BCUT2D eigenvalue weighted by molar-refractivity contribution is 8.18. The van der Waals surface area contributed by atoms with Crippen molar-refractivity contribution in [2.24, 2.45) is 0 Å². The quantitative estimate of drug-likeness (QED) is 0.451. The van der Waals surface area contributed by atoms with E-state index < -0.39 is 17.1 Å². The molecule has 0 unspecified atom stereocenters. The Morgan fingerprint density at radius 3 is 2.82 bits per heavy atom. The summed E-state index contributed by atoms with van der Waals surface area (Å²) < 4.78 is 4.99. The molecule has 0 saturated carbocycles. The summed E-state index contributed by atoms with van der Waals surface area (Å²) in [5.74, 6) is -0.987. The molecule has 0 atom stereocenters. The molecule has 2 amide bonds. The first kappa shape index (κ1) is 16.8. The fourth-order valence-corrected chi connectivity index (χ4v) is 3.55. The van der Waals surface area contributed by atoms with E-state index >= 15 is 0 Å². The van der Waals surface area contributed by atoms with E-state index in [1.807, 2.05) is 25.3 Å². The lowest BCUT2D eigenvalue weighted by molar-refractivity contribution is -0.146. The number of carbonyl (C=O) groups is 3. The SMILES string of the molecule is CCCCOC(=O)CN1C(=O)S/C(=C/c2sccc2C)C1=O. The van der Waals surface area contributed by atoms with Gasteiger partial charge in [-0.1, -0.05) is 13.3 Å². The molecule has 0 aromatic carbocycles. The van der Waals surface area contributed by atoms with Gasteiger partial charge >= 0.3 is 5.97 Å². The third kappa shape index (κ3) is 3.98. The van der Waals surface area contributed by atoms with Crippen molar-refractivity contribution in [1.82, 2.24) is 4.90 Å². The Morgan fingerprint density at radius 1 is 1.41 bits per heavy atom. The van der Waals surface area contributed by atoms with Crippen LogP contribution in [0, 0.1) is 6.92 Å². The van der Waals surface area contributed by atoms with Crippen LogP contribution in [-0.4, -0.2) is 35.2 Å². The second-order valence-corrected chi connectivity index (χ2v) is 6.75. The maximum absolute atomic E-state index is 12.2. The van der Waals surface area contributed by atoms with Crippen LogP contribution in [0.4, 0.5) is 4.79 Å². The zero-order valence-electron chi connectivity index (χ0n) is 12.5. The topological polar surface area (TPSA) is 63.7 Å². The molecule has 1 aromatic heterocycles. The summed E-state index contributed by atoms with van der Waals surface area (Å²) >= 11 is 2.36. The van der Waals surface area contributed by atoms with Crippen molar-refractivity contribution in [3.05, 3.63) is 26.8 Å². The number of hydrogen-bond donors (Lipinski definition) is 0. The minimum Gasteiger partial charge on any atom is -0.464 e. The Morgan fingerprint density at radius 2 is 2.18 bits per heavy atom. The van der Waals surface area contributed by atoms with Gasteiger partial charge in [-0.2, -0.15) is 0 Å². The zero-order chi connectivity index (χ0) is 16.1. The van der Waals surface area contributed by atoms with Gasteiger partial charge in [0, 0.05) is 4.88 Å². The first-order valence-electron chi connectivity index (χ1n) is 6.98. The van der Waals surface area contributed by atoms with Crippen LogP contribution in [0.2, 0.25) is 0 Å². The van der Waals surface area contributed by atoms with Crippen LogP contribution in [0.15, 0.2) is 16.4 Å². The van der Waals surface area contributed by atoms with E-state index in [2.05, 4.69) is 0 Å². The van der Waals surface area contributed by atoms with Gasteiger partial charge in [-0.05, 0) is 48.2 Å². The number of ether oxygens (including phenoxy) is 1. The molecule has 2 heterocycles. The average Bonchev–Trinajstić information content (AvgIpc) is 2.99. The number of carbonyl (C=O) groups excluding carboxylic acids is 3. The normalized spacial score (nSPS) is 16.6. The molecule has 1 aliphatic heterocycles. The van der Waals surface area contributed by atoms with Crippen LogP contribution < -0.4 is 0 Å². The van der Waals surface area contributed by atoms with Crippen molar-refractivity contribution in [2.45, 2.75) is 26.7 Å². The number of aryl methyl sites for hydroxylation is 1. The summed E-state index contributed by atoms with van der Waals surface area (Å²) in [5.41, 5.74) is 1.05. The van der Waals surface area contributed by atoms with Crippen molar-refractivity contribution >= 4 is 46.3 Å². The van der Waals surface area contributed by atoms with Gasteiger partial charge in [0.1, 0.15) is 6.54 Å². The molecule has 5 nitrogen and oxygen atoms in total. The largest absolute Gasteiger partial charge is 0.464 e. The Kier molecular flexibility index (Phi) is 5.79. The molecule has 0 spiro atoms. The highest BCUT2D eigenvalue weighted by Gasteiger charge is 2.36. The maximum Gasteiger partial charge on any atom is 0.326 e. The Balaban J connectivity index is 2.01. The van der Waals surface area contributed by atoms with Crippen LogP contribution >= 0.6 is 23.1 Å². The number of imide groups is 1. The highest BCUT2D eigenvalue weighted by atomic mass is 32.2. The predicted molar refractivity (Wildman–Crippen MR) is 87.6 cm³/mol. The number of nitrogens with zero attached hydrogens (tertiary/aromatic N) is 1. The van der Waals surface area contributed by atoms with Crippen molar-refractivity contribution in [1.29, 1.82) is 0 Å². The summed E-state index contributed by atoms with van der Waals surface area (Å²) in [6.07, 6.45) is 3.39. The number of rotatable bonds is 6. The molecule has 0 N–H and O–H groups in total. The molecule has 7 heteroatoms. The highest BCUT2D eigenvalue weighted by Crippen LogP contribution is 2.33. The minimum absolute atomic E-state index is 0.315. The van der Waals surface area contributed by atoms with Crippen LogP contribution in [-0.2, 0) is 14.3 Å². The maximum atomic E-state index is 12.2. The number of thiophene rings is 1. The summed E-state index contributed by atoms with van der Waals surface area (Å²) in [7, 11) is 0. The number of thioether (sulfide) groups is 1. The van der Waals surface area contributed by atoms with Crippen LogP contribution in [0.25, 0.3) is 6.08 Å². The first-order chi connectivity index (χ1) is 10.5. The number of hydrogen-bond acceptors (Lipinski definition) is 6. The fourth-order valence-electron chi connectivity index (χ4n) is 1.79.